The van der Waals surface area contributed by atoms with Crippen molar-refractivity contribution in [2.75, 3.05) is 37.7 Å². The van der Waals surface area contributed by atoms with Crippen molar-refractivity contribution in [3.63, 3.8) is 0 Å². The monoisotopic (exact) mass is 543 g/mol. The second kappa shape index (κ2) is 8.47. The zero-order valence-electron chi connectivity index (χ0n) is 22.5. The molecule has 208 valence electrons. The first kappa shape index (κ1) is 23.6. The van der Waals surface area contributed by atoms with Gasteiger partial charge >= 0.3 is 6.01 Å². The molecule has 5 atom stereocenters. The number of fused-ring (bicyclic) bond motifs is 9. The number of ether oxygens (including phenoxy) is 2. The van der Waals surface area contributed by atoms with Gasteiger partial charge in [0.1, 0.15) is 24.2 Å². The highest BCUT2D eigenvalue weighted by atomic mass is 19.1. The summed E-state index contributed by atoms with van der Waals surface area (Å²) in [5.74, 6) is 0.933. The van der Waals surface area contributed by atoms with Crippen LogP contribution < -0.4 is 15.0 Å². The molecule has 0 radical (unpaired) electrons. The van der Waals surface area contributed by atoms with E-state index in [0.29, 0.717) is 50.7 Å². The maximum atomic E-state index is 14.4. The molecule has 1 spiro atoms. The Morgan fingerprint density at radius 2 is 1.98 bits per heavy atom. The number of piperazine rings is 1. The van der Waals surface area contributed by atoms with E-state index in [1.165, 1.54) is 12.8 Å². The number of benzene rings is 1. The van der Waals surface area contributed by atoms with Gasteiger partial charge in [-0.05, 0) is 37.8 Å². The highest BCUT2D eigenvalue weighted by molar-refractivity contribution is 5.77. The summed E-state index contributed by atoms with van der Waals surface area (Å²) in [7, 11) is 0. The van der Waals surface area contributed by atoms with Crippen LogP contribution in [-0.2, 0) is 23.4 Å². The van der Waals surface area contributed by atoms with Crippen LogP contribution in [0, 0.1) is 0 Å². The van der Waals surface area contributed by atoms with Gasteiger partial charge in [0.05, 0.1) is 23.5 Å². The summed E-state index contributed by atoms with van der Waals surface area (Å²) in [5.41, 5.74) is 5.38. The minimum absolute atomic E-state index is 0.243. The Morgan fingerprint density at radius 3 is 2.88 bits per heavy atom. The van der Waals surface area contributed by atoms with Crippen molar-refractivity contribution >= 4 is 5.82 Å². The van der Waals surface area contributed by atoms with Crippen molar-refractivity contribution in [2.45, 2.75) is 74.5 Å². The summed E-state index contributed by atoms with van der Waals surface area (Å²) < 4.78 is 27.7. The lowest BCUT2D eigenvalue weighted by molar-refractivity contribution is -0.0404. The van der Waals surface area contributed by atoms with Crippen LogP contribution in [0.3, 0.4) is 0 Å². The van der Waals surface area contributed by atoms with Crippen LogP contribution in [0.4, 0.5) is 10.2 Å². The second-order valence-electron chi connectivity index (χ2n) is 12.6. The Hall–Kier alpha value is -3.08. The van der Waals surface area contributed by atoms with Gasteiger partial charge in [0.15, 0.2) is 0 Å². The molecule has 1 aromatic carbocycles. The molecule has 9 nitrogen and oxygen atoms in total. The summed E-state index contributed by atoms with van der Waals surface area (Å²) in [4.78, 5) is 14.8. The molecule has 9 rings (SSSR count). The first-order valence-corrected chi connectivity index (χ1v) is 14.8. The number of hydrogen-bond acceptors (Lipinski definition) is 8. The van der Waals surface area contributed by atoms with E-state index in [1.807, 2.05) is 6.20 Å². The van der Waals surface area contributed by atoms with Gasteiger partial charge < -0.3 is 19.7 Å². The van der Waals surface area contributed by atoms with Gasteiger partial charge in [0.25, 0.3) is 0 Å². The second-order valence-corrected chi connectivity index (χ2v) is 12.6. The minimum atomic E-state index is -0.788. The van der Waals surface area contributed by atoms with Gasteiger partial charge in [0.2, 0.25) is 0 Å². The summed E-state index contributed by atoms with van der Waals surface area (Å²) >= 11 is 0. The predicted molar refractivity (Wildman–Crippen MR) is 146 cm³/mol. The normalized spacial score (nSPS) is 33.7. The van der Waals surface area contributed by atoms with Crippen LogP contribution >= 0.6 is 0 Å². The van der Waals surface area contributed by atoms with Crippen LogP contribution in [0.2, 0.25) is 0 Å². The molecule has 2 bridgehead atoms. The fraction of sp³-hybridized carbons (Fsp3) is 0.567. The van der Waals surface area contributed by atoms with Crippen LogP contribution in [0.15, 0.2) is 30.5 Å². The Morgan fingerprint density at radius 1 is 1.10 bits per heavy atom. The molecule has 1 unspecified atom stereocenters. The van der Waals surface area contributed by atoms with Crippen LogP contribution in [0.5, 0.6) is 6.01 Å². The lowest BCUT2D eigenvalue weighted by Crippen LogP contribution is -2.52. The summed E-state index contributed by atoms with van der Waals surface area (Å²) in [6, 6.07) is 9.74. The lowest BCUT2D eigenvalue weighted by atomic mass is 9.84. The van der Waals surface area contributed by atoms with E-state index in [-0.39, 0.29) is 5.54 Å². The SMILES string of the molecule is F[C@H]1CN2CCC[C@@]2(COc2nc3c(c(N4C[C@H]5CC[C@@H](C4)N5)n2)COC2(C3)c3ccccc3-c3n[nH]cc32)C1. The number of aromatic nitrogens is 4. The van der Waals surface area contributed by atoms with Crippen molar-refractivity contribution in [1.29, 1.82) is 0 Å². The first-order valence-electron chi connectivity index (χ1n) is 14.8. The summed E-state index contributed by atoms with van der Waals surface area (Å²) in [6.07, 6.45) is 6.73. The number of hydrogen-bond donors (Lipinski definition) is 2. The summed E-state index contributed by atoms with van der Waals surface area (Å²) in [6.45, 7) is 4.13. The van der Waals surface area contributed by atoms with E-state index in [2.05, 4.69) is 49.6 Å². The largest absolute Gasteiger partial charge is 0.461 e. The molecule has 0 amide bonds. The number of rotatable bonds is 4. The third-order valence-corrected chi connectivity index (χ3v) is 10.4. The molecule has 4 fully saturated rings. The average molecular weight is 544 g/mol. The third-order valence-electron chi connectivity index (χ3n) is 10.4. The zero-order chi connectivity index (χ0) is 26.5. The molecule has 7 heterocycles. The van der Waals surface area contributed by atoms with Crippen LogP contribution in [-0.4, -0.2) is 81.6 Å². The zero-order valence-corrected chi connectivity index (χ0v) is 22.5. The Balaban J connectivity index is 1.11. The number of nitrogens with one attached hydrogen (secondary N) is 2. The molecule has 40 heavy (non-hydrogen) atoms. The van der Waals surface area contributed by atoms with Crippen molar-refractivity contribution < 1.29 is 13.9 Å². The minimum Gasteiger partial charge on any atom is -0.461 e. The van der Waals surface area contributed by atoms with Crippen LogP contribution in [0.1, 0.15) is 54.5 Å². The molecule has 2 N–H and O–H groups in total. The number of aromatic amines is 1. The van der Waals surface area contributed by atoms with E-state index < -0.39 is 11.8 Å². The lowest BCUT2D eigenvalue weighted by Gasteiger charge is -2.39. The smallest absolute Gasteiger partial charge is 0.318 e. The van der Waals surface area contributed by atoms with Gasteiger partial charge in [-0.2, -0.15) is 15.1 Å². The fourth-order valence-electron chi connectivity index (χ4n) is 8.55. The standard InChI is InChI=1S/C30H34FN7O2/c31-18-10-29(8-3-9-38(29)13-18)17-39-28-34-25-11-30(23-5-2-1-4-21(23)26-24(30)12-32-36-26)40-16-22(25)27(35-28)37-14-19-6-7-20(15-37)33-19/h1-2,4-5,12,18-20,33H,3,6-11,13-17H2,(H,32,36)/t18-,19-,20+,29+,30?/m1/s1. The van der Waals surface area contributed by atoms with E-state index >= 15 is 0 Å². The Labute approximate surface area is 232 Å². The number of alkyl halides is 1. The molecule has 5 aliphatic heterocycles. The number of H-pyrrole nitrogens is 1. The molecular weight excluding hydrogens is 509 g/mol. The van der Waals surface area contributed by atoms with E-state index in [9.17, 15) is 4.39 Å². The van der Waals surface area contributed by atoms with E-state index in [0.717, 1.165) is 71.9 Å². The first-order chi connectivity index (χ1) is 19.6. The Bertz CT molecular complexity index is 1480. The highest BCUT2D eigenvalue weighted by Crippen LogP contribution is 2.53. The van der Waals surface area contributed by atoms with Gasteiger partial charge in [-0.15, -0.1) is 0 Å². The molecule has 2 aromatic heterocycles. The van der Waals surface area contributed by atoms with Crippen molar-refractivity contribution in [3.8, 4) is 17.3 Å². The molecule has 4 saturated heterocycles. The number of halogens is 1. The third kappa shape index (κ3) is 3.33. The number of anilines is 1. The van der Waals surface area contributed by atoms with Gasteiger partial charge in [-0.3, -0.25) is 10.00 Å². The Kier molecular flexibility index (Phi) is 5.00. The van der Waals surface area contributed by atoms with E-state index in [1.54, 1.807) is 0 Å². The molecule has 3 aromatic rings. The predicted octanol–water partition coefficient (Wildman–Crippen LogP) is 3.09. The average Bonchev–Trinajstić information content (AvgIpc) is 3.77. The quantitative estimate of drug-likeness (QED) is 0.519. The maximum absolute atomic E-state index is 14.4. The van der Waals surface area contributed by atoms with Crippen molar-refractivity contribution in [1.82, 2.24) is 30.4 Å². The van der Waals surface area contributed by atoms with Gasteiger partial charge in [0, 0.05) is 67.4 Å². The summed E-state index contributed by atoms with van der Waals surface area (Å²) in [5, 5.41) is 11.4. The molecule has 0 saturated carbocycles. The topological polar surface area (TPSA) is 91.4 Å². The van der Waals surface area contributed by atoms with Gasteiger partial charge in [-0.25, -0.2) is 4.39 Å². The molecule has 6 aliphatic rings. The van der Waals surface area contributed by atoms with Crippen molar-refractivity contribution in [3.05, 3.63) is 52.8 Å². The fourth-order valence-corrected chi connectivity index (χ4v) is 8.55. The molecular formula is C30H34FN7O2. The van der Waals surface area contributed by atoms with E-state index in [4.69, 9.17) is 19.4 Å². The van der Waals surface area contributed by atoms with Crippen molar-refractivity contribution in [2.24, 2.45) is 0 Å². The molecule has 10 heteroatoms. The molecule has 1 aliphatic carbocycles. The highest BCUT2D eigenvalue weighted by Gasteiger charge is 2.51. The van der Waals surface area contributed by atoms with Gasteiger partial charge in [-0.1, -0.05) is 24.3 Å². The number of nitrogens with zero attached hydrogens (tertiary/aromatic N) is 5. The maximum Gasteiger partial charge on any atom is 0.318 e. The van der Waals surface area contributed by atoms with Crippen LogP contribution in [0.25, 0.3) is 11.3 Å².